The van der Waals surface area contributed by atoms with Crippen LogP contribution < -0.4 is 10.6 Å². The van der Waals surface area contributed by atoms with E-state index in [0.717, 1.165) is 23.3 Å². The molecule has 0 radical (unpaired) electrons. The maximum atomic E-state index is 13.0. The fourth-order valence-electron chi connectivity index (χ4n) is 4.82. The van der Waals surface area contributed by atoms with Crippen molar-refractivity contribution in [3.63, 3.8) is 0 Å². The van der Waals surface area contributed by atoms with E-state index in [4.69, 9.17) is 0 Å². The zero-order valence-corrected chi connectivity index (χ0v) is 18.0. The molecule has 2 saturated heterocycles. The Balaban J connectivity index is 1.32. The van der Waals surface area contributed by atoms with Gasteiger partial charge in [0.05, 0.1) is 0 Å². The predicted octanol–water partition coefficient (Wildman–Crippen LogP) is 1.82. The van der Waals surface area contributed by atoms with E-state index in [9.17, 15) is 19.2 Å². The standard InChI is InChI=1S/C22H29N5O4/c1-14-5-6-17(23-13-14)24-18(28)16-7-11-26(12-8-16)19(29)15(2)27-20(30)22(25-21(27)31)9-3-4-10-22/h5-6,13,15-16H,3-4,7-12H2,1-2H3,(H,25,31)(H,23,24,28). The first-order chi connectivity index (χ1) is 14.8. The van der Waals surface area contributed by atoms with Gasteiger partial charge in [0.15, 0.2) is 0 Å². The minimum Gasteiger partial charge on any atom is -0.341 e. The number of anilines is 1. The Labute approximate surface area is 181 Å². The second kappa shape index (κ2) is 8.28. The first kappa shape index (κ1) is 21.3. The molecule has 1 atom stereocenters. The topological polar surface area (TPSA) is 112 Å². The Morgan fingerprint density at radius 3 is 2.48 bits per heavy atom. The number of amides is 5. The van der Waals surface area contributed by atoms with Crippen LogP contribution in [0.4, 0.5) is 10.6 Å². The van der Waals surface area contributed by atoms with Crippen LogP contribution >= 0.6 is 0 Å². The average Bonchev–Trinajstić information content (AvgIpc) is 3.33. The van der Waals surface area contributed by atoms with E-state index in [0.29, 0.717) is 44.6 Å². The van der Waals surface area contributed by atoms with Crippen molar-refractivity contribution in [3.8, 4) is 0 Å². The lowest BCUT2D eigenvalue weighted by Crippen LogP contribution is -2.53. The number of piperidine rings is 1. The third-order valence-electron chi connectivity index (χ3n) is 6.74. The van der Waals surface area contributed by atoms with Gasteiger partial charge in [-0.1, -0.05) is 18.9 Å². The van der Waals surface area contributed by atoms with Crippen LogP contribution in [-0.4, -0.2) is 63.2 Å². The SMILES string of the molecule is Cc1ccc(NC(=O)C2CCN(C(=O)C(C)N3C(=O)NC4(CCCC4)C3=O)CC2)nc1. The molecule has 1 aliphatic carbocycles. The highest BCUT2D eigenvalue weighted by atomic mass is 16.2. The van der Waals surface area contributed by atoms with E-state index in [2.05, 4.69) is 15.6 Å². The molecule has 31 heavy (non-hydrogen) atoms. The maximum absolute atomic E-state index is 13.0. The highest BCUT2D eigenvalue weighted by Crippen LogP contribution is 2.36. The molecule has 9 heteroatoms. The van der Waals surface area contributed by atoms with Crippen molar-refractivity contribution >= 4 is 29.6 Å². The summed E-state index contributed by atoms with van der Waals surface area (Å²) in [6.07, 6.45) is 5.81. The Bertz CT molecular complexity index is 886. The van der Waals surface area contributed by atoms with Gasteiger partial charge in [-0.2, -0.15) is 0 Å². The summed E-state index contributed by atoms with van der Waals surface area (Å²) >= 11 is 0. The van der Waals surface area contributed by atoms with Crippen LogP contribution in [0.1, 0.15) is 51.0 Å². The maximum Gasteiger partial charge on any atom is 0.325 e. The summed E-state index contributed by atoms with van der Waals surface area (Å²) in [6, 6.07) is 2.32. The van der Waals surface area contributed by atoms with Gasteiger partial charge in [0, 0.05) is 25.2 Å². The van der Waals surface area contributed by atoms with E-state index >= 15 is 0 Å². The molecular formula is C22H29N5O4. The van der Waals surface area contributed by atoms with Crippen molar-refractivity contribution in [1.29, 1.82) is 0 Å². The van der Waals surface area contributed by atoms with E-state index in [-0.39, 0.29) is 23.6 Å². The molecule has 3 aliphatic rings. The van der Waals surface area contributed by atoms with Crippen LogP contribution in [0.25, 0.3) is 0 Å². The molecule has 3 fully saturated rings. The molecule has 1 saturated carbocycles. The summed E-state index contributed by atoms with van der Waals surface area (Å²) in [6.45, 7) is 4.36. The third-order valence-corrected chi connectivity index (χ3v) is 6.74. The summed E-state index contributed by atoms with van der Waals surface area (Å²) in [7, 11) is 0. The van der Waals surface area contributed by atoms with Crippen LogP contribution in [0.15, 0.2) is 18.3 Å². The number of pyridine rings is 1. The zero-order chi connectivity index (χ0) is 22.2. The molecule has 5 amide bonds. The van der Waals surface area contributed by atoms with Gasteiger partial charge in [-0.05, 0) is 51.2 Å². The lowest BCUT2D eigenvalue weighted by Gasteiger charge is -2.34. The Morgan fingerprint density at radius 1 is 1.19 bits per heavy atom. The van der Waals surface area contributed by atoms with E-state index < -0.39 is 17.6 Å². The normalized spacial score (nSPS) is 22.0. The summed E-state index contributed by atoms with van der Waals surface area (Å²) in [4.78, 5) is 57.9. The lowest BCUT2D eigenvalue weighted by atomic mass is 9.95. The molecule has 166 valence electrons. The number of likely N-dealkylation sites (tertiary alicyclic amines) is 1. The fraction of sp³-hybridized carbons (Fsp3) is 0.591. The number of aromatic nitrogens is 1. The summed E-state index contributed by atoms with van der Waals surface area (Å²) in [5, 5.41) is 5.65. The quantitative estimate of drug-likeness (QED) is 0.712. The number of carbonyl (C=O) groups excluding carboxylic acids is 4. The van der Waals surface area contributed by atoms with Gasteiger partial charge >= 0.3 is 6.03 Å². The van der Waals surface area contributed by atoms with Gasteiger partial charge < -0.3 is 15.5 Å². The lowest BCUT2D eigenvalue weighted by molar-refractivity contribution is -0.144. The van der Waals surface area contributed by atoms with Crippen molar-refractivity contribution in [2.24, 2.45) is 5.92 Å². The number of urea groups is 1. The first-order valence-corrected chi connectivity index (χ1v) is 11.0. The summed E-state index contributed by atoms with van der Waals surface area (Å²) in [5.74, 6) is -0.329. The monoisotopic (exact) mass is 427 g/mol. The average molecular weight is 428 g/mol. The van der Waals surface area contributed by atoms with Gasteiger partial charge in [-0.15, -0.1) is 0 Å². The molecule has 2 aliphatic heterocycles. The predicted molar refractivity (Wildman–Crippen MR) is 113 cm³/mol. The van der Waals surface area contributed by atoms with Gasteiger partial charge in [0.1, 0.15) is 17.4 Å². The van der Waals surface area contributed by atoms with Crippen LogP contribution in [0.5, 0.6) is 0 Å². The number of carbonyl (C=O) groups is 4. The van der Waals surface area contributed by atoms with Gasteiger partial charge in [-0.25, -0.2) is 14.7 Å². The Morgan fingerprint density at radius 2 is 1.87 bits per heavy atom. The highest BCUT2D eigenvalue weighted by Gasteiger charge is 2.54. The smallest absolute Gasteiger partial charge is 0.325 e. The zero-order valence-electron chi connectivity index (χ0n) is 18.0. The second-order valence-corrected chi connectivity index (χ2v) is 8.88. The number of hydrogen-bond donors (Lipinski definition) is 2. The Hall–Kier alpha value is -2.97. The molecule has 2 N–H and O–H groups in total. The van der Waals surface area contributed by atoms with Crippen LogP contribution in [0.2, 0.25) is 0 Å². The first-order valence-electron chi connectivity index (χ1n) is 11.0. The number of nitrogens with zero attached hydrogens (tertiary/aromatic N) is 3. The van der Waals surface area contributed by atoms with E-state index in [1.807, 2.05) is 13.0 Å². The van der Waals surface area contributed by atoms with Crippen molar-refractivity contribution in [2.75, 3.05) is 18.4 Å². The van der Waals surface area contributed by atoms with E-state index in [1.165, 1.54) is 0 Å². The van der Waals surface area contributed by atoms with Crippen molar-refractivity contribution in [2.45, 2.75) is 64.0 Å². The number of rotatable bonds is 4. The van der Waals surface area contributed by atoms with Crippen LogP contribution in [0, 0.1) is 12.8 Å². The fourth-order valence-corrected chi connectivity index (χ4v) is 4.82. The summed E-state index contributed by atoms with van der Waals surface area (Å²) < 4.78 is 0. The molecule has 0 aromatic carbocycles. The van der Waals surface area contributed by atoms with Gasteiger partial charge in [0.25, 0.3) is 5.91 Å². The number of aryl methyl sites for hydroxylation is 1. The molecule has 1 aromatic heterocycles. The molecule has 1 unspecified atom stereocenters. The van der Waals surface area contributed by atoms with Crippen molar-refractivity contribution in [3.05, 3.63) is 23.9 Å². The van der Waals surface area contributed by atoms with Crippen LogP contribution in [0.3, 0.4) is 0 Å². The molecule has 9 nitrogen and oxygen atoms in total. The van der Waals surface area contributed by atoms with Gasteiger partial charge in [0.2, 0.25) is 11.8 Å². The van der Waals surface area contributed by atoms with Gasteiger partial charge in [-0.3, -0.25) is 14.4 Å². The Kier molecular flexibility index (Phi) is 5.68. The molecule has 1 spiro atoms. The molecule has 0 bridgehead atoms. The largest absolute Gasteiger partial charge is 0.341 e. The second-order valence-electron chi connectivity index (χ2n) is 8.88. The third kappa shape index (κ3) is 4.00. The highest BCUT2D eigenvalue weighted by molar-refractivity contribution is 6.10. The van der Waals surface area contributed by atoms with Crippen molar-refractivity contribution in [1.82, 2.24) is 20.1 Å². The number of hydrogen-bond acceptors (Lipinski definition) is 5. The van der Waals surface area contributed by atoms with Crippen LogP contribution in [-0.2, 0) is 14.4 Å². The molecule has 1 aromatic rings. The number of nitrogens with one attached hydrogen (secondary N) is 2. The van der Waals surface area contributed by atoms with E-state index in [1.54, 1.807) is 24.1 Å². The molecular weight excluding hydrogens is 398 g/mol. The minimum absolute atomic E-state index is 0.103. The molecule has 4 rings (SSSR count). The summed E-state index contributed by atoms with van der Waals surface area (Å²) in [5.41, 5.74) is 0.198. The van der Waals surface area contributed by atoms with Crippen molar-refractivity contribution < 1.29 is 19.2 Å². The molecule has 3 heterocycles. The number of imide groups is 1. The minimum atomic E-state index is -0.852.